The van der Waals surface area contributed by atoms with E-state index < -0.39 is 35.1 Å². The van der Waals surface area contributed by atoms with Gasteiger partial charge >= 0.3 is 0 Å². The molecule has 0 aromatic rings. The molecule has 0 rings (SSSR count). The van der Waals surface area contributed by atoms with Gasteiger partial charge < -0.3 is 30.6 Å². The molecule has 116 valence electrons. The maximum atomic E-state index is 10.5. The molecule has 5 atom stereocenters. The van der Waals surface area contributed by atoms with Gasteiger partial charge in [0.25, 0.3) is 0 Å². The van der Waals surface area contributed by atoms with Crippen molar-refractivity contribution >= 4 is 0 Å². The second-order valence-corrected chi connectivity index (χ2v) is 6.03. The van der Waals surface area contributed by atoms with Gasteiger partial charge in [0.2, 0.25) is 0 Å². The standard InChI is InChI=1S/C13H28O6/c1-6-7-9(15)11(3,17)13(5,19)12(4,18)10(2,16)8-14/h9,14-19H,6-8H2,1-5H3/t9?,10-,11+,12?,13?/m0/s1. The highest BCUT2D eigenvalue weighted by Gasteiger charge is 2.63. The summed E-state index contributed by atoms with van der Waals surface area (Å²) in [7, 11) is 0. The number of aliphatic hydroxyl groups is 6. The third-order valence-electron chi connectivity index (χ3n) is 4.50. The van der Waals surface area contributed by atoms with E-state index in [-0.39, 0.29) is 6.42 Å². The molecule has 0 aliphatic rings. The van der Waals surface area contributed by atoms with Gasteiger partial charge in [-0.25, -0.2) is 0 Å². The Labute approximate surface area is 114 Å². The van der Waals surface area contributed by atoms with E-state index in [2.05, 4.69) is 0 Å². The Hall–Kier alpha value is -0.240. The van der Waals surface area contributed by atoms with Crippen LogP contribution in [0.4, 0.5) is 0 Å². The maximum Gasteiger partial charge on any atom is 0.124 e. The highest BCUT2D eigenvalue weighted by molar-refractivity contribution is 5.14. The van der Waals surface area contributed by atoms with Crippen LogP contribution in [0.5, 0.6) is 0 Å². The molecule has 0 amide bonds. The summed E-state index contributed by atoms with van der Waals surface area (Å²) in [5, 5.41) is 60.4. The van der Waals surface area contributed by atoms with Gasteiger partial charge in [-0.1, -0.05) is 13.3 Å². The third kappa shape index (κ3) is 2.94. The second-order valence-electron chi connectivity index (χ2n) is 6.03. The SMILES string of the molecule is CCCC(O)[C@@](C)(O)C(C)(O)C(C)(O)[C@@](C)(O)CO. The molecule has 0 aromatic heterocycles. The highest BCUT2D eigenvalue weighted by atomic mass is 16.4. The second kappa shape index (κ2) is 5.63. The van der Waals surface area contributed by atoms with Gasteiger partial charge in [0.1, 0.15) is 22.4 Å². The van der Waals surface area contributed by atoms with Gasteiger partial charge in [0.05, 0.1) is 12.7 Å². The summed E-state index contributed by atoms with van der Waals surface area (Å²) in [6.45, 7) is 5.55. The molecular formula is C13H28O6. The summed E-state index contributed by atoms with van der Waals surface area (Å²) in [4.78, 5) is 0. The van der Waals surface area contributed by atoms with E-state index in [0.717, 1.165) is 20.8 Å². The van der Waals surface area contributed by atoms with Crippen LogP contribution in [-0.4, -0.2) is 65.8 Å². The van der Waals surface area contributed by atoms with Crippen LogP contribution in [0.15, 0.2) is 0 Å². The molecule has 0 aliphatic heterocycles. The van der Waals surface area contributed by atoms with Crippen molar-refractivity contribution in [3.8, 4) is 0 Å². The summed E-state index contributed by atoms with van der Waals surface area (Å²) in [5.74, 6) is 0. The summed E-state index contributed by atoms with van der Waals surface area (Å²) in [5.41, 5.74) is -8.61. The first-order valence-electron chi connectivity index (χ1n) is 6.48. The van der Waals surface area contributed by atoms with Crippen molar-refractivity contribution in [3.05, 3.63) is 0 Å². The van der Waals surface area contributed by atoms with Gasteiger partial charge in [0.15, 0.2) is 0 Å². The fraction of sp³-hybridized carbons (Fsp3) is 1.00. The summed E-state index contributed by atoms with van der Waals surface area (Å²) < 4.78 is 0. The van der Waals surface area contributed by atoms with Gasteiger partial charge in [-0.3, -0.25) is 0 Å². The van der Waals surface area contributed by atoms with Crippen LogP contribution in [0.1, 0.15) is 47.5 Å². The Morgan fingerprint density at radius 2 is 1.32 bits per heavy atom. The number of rotatable bonds is 7. The smallest absolute Gasteiger partial charge is 0.124 e. The molecule has 6 heteroatoms. The average Bonchev–Trinajstić information content (AvgIpc) is 2.28. The quantitative estimate of drug-likeness (QED) is 0.361. The minimum atomic E-state index is -2.25. The Morgan fingerprint density at radius 3 is 1.63 bits per heavy atom. The van der Waals surface area contributed by atoms with Crippen molar-refractivity contribution in [2.45, 2.75) is 76.0 Å². The number of aliphatic hydroxyl groups excluding tert-OH is 2. The van der Waals surface area contributed by atoms with Crippen LogP contribution < -0.4 is 0 Å². The van der Waals surface area contributed by atoms with Crippen LogP contribution in [0, 0.1) is 0 Å². The van der Waals surface area contributed by atoms with E-state index in [0.29, 0.717) is 6.42 Å². The molecule has 6 N–H and O–H groups in total. The molecule has 0 bridgehead atoms. The summed E-state index contributed by atoms with van der Waals surface area (Å²) in [6, 6.07) is 0. The zero-order valence-electron chi connectivity index (χ0n) is 12.4. The molecule has 0 spiro atoms. The molecule has 0 aliphatic carbocycles. The highest BCUT2D eigenvalue weighted by Crippen LogP contribution is 2.41. The molecule has 0 saturated heterocycles. The van der Waals surface area contributed by atoms with E-state index in [4.69, 9.17) is 5.11 Å². The van der Waals surface area contributed by atoms with Crippen LogP contribution >= 0.6 is 0 Å². The predicted octanol–water partition coefficient (Wildman–Crippen LogP) is -0.856. The first kappa shape index (κ1) is 18.8. The Morgan fingerprint density at radius 1 is 0.895 bits per heavy atom. The number of hydrogen-bond acceptors (Lipinski definition) is 6. The monoisotopic (exact) mass is 280 g/mol. The van der Waals surface area contributed by atoms with Crippen LogP contribution in [-0.2, 0) is 0 Å². The van der Waals surface area contributed by atoms with Gasteiger partial charge in [-0.15, -0.1) is 0 Å². The number of hydrogen-bond donors (Lipinski definition) is 6. The fourth-order valence-electron chi connectivity index (χ4n) is 2.05. The maximum absolute atomic E-state index is 10.5. The molecule has 0 heterocycles. The molecule has 19 heavy (non-hydrogen) atoms. The predicted molar refractivity (Wildman–Crippen MR) is 70.5 cm³/mol. The molecular weight excluding hydrogens is 252 g/mol. The van der Waals surface area contributed by atoms with Crippen molar-refractivity contribution < 1.29 is 30.6 Å². The van der Waals surface area contributed by atoms with Crippen LogP contribution in [0.25, 0.3) is 0 Å². The van der Waals surface area contributed by atoms with Gasteiger partial charge in [-0.05, 0) is 34.1 Å². The first-order chi connectivity index (χ1) is 8.29. The van der Waals surface area contributed by atoms with Crippen LogP contribution in [0.3, 0.4) is 0 Å². The average molecular weight is 280 g/mol. The Kier molecular flexibility index (Phi) is 5.56. The van der Waals surface area contributed by atoms with E-state index in [9.17, 15) is 25.5 Å². The van der Waals surface area contributed by atoms with Crippen molar-refractivity contribution in [3.63, 3.8) is 0 Å². The molecule has 0 fully saturated rings. The minimum absolute atomic E-state index is 0.223. The zero-order valence-corrected chi connectivity index (χ0v) is 12.4. The first-order valence-corrected chi connectivity index (χ1v) is 6.48. The Balaban J connectivity index is 5.58. The summed E-state index contributed by atoms with van der Waals surface area (Å²) in [6.07, 6.45) is -0.486. The normalized spacial score (nSPS) is 26.7. The molecule has 0 saturated carbocycles. The Bertz CT molecular complexity index is 296. The summed E-state index contributed by atoms with van der Waals surface area (Å²) >= 11 is 0. The third-order valence-corrected chi connectivity index (χ3v) is 4.50. The van der Waals surface area contributed by atoms with Gasteiger partial charge in [0, 0.05) is 0 Å². The van der Waals surface area contributed by atoms with Crippen molar-refractivity contribution in [1.82, 2.24) is 0 Å². The van der Waals surface area contributed by atoms with Crippen molar-refractivity contribution in [2.75, 3.05) is 6.61 Å². The van der Waals surface area contributed by atoms with Crippen LogP contribution in [0.2, 0.25) is 0 Å². The van der Waals surface area contributed by atoms with E-state index in [1.807, 2.05) is 0 Å². The molecule has 0 radical (unpaired) electrons. The van der Waals surface area contributed by atoms with E-state index in [1.165, 1.54) is 6.92 Å². The molecule has 3 unspecified atom stereocenters. The lowest BCUT2D eigenvalue weighted by atomic mass is 9.64. The van der Waals surface area contributed by atoms with E-state index in [1.54, 1.807) is 6.92 Å². The van der Waals surface area contributed by atoms with Gasteiger partial charge in [-0.2, -0.15) is 0 Å². The lowest BCUT2D eigenvalue weighted by Crippen LogP contribution is -2.75. The molecule has 0 aromatic carbocycles. The fourth-order valence-corrected chi connectivity index (χ4v) is 2.05. The zero-order chi connectivity index (χ0) is 15.7. The molecule has 6 nitrogen and oxygen atoms in total. The van der Waals surface area contributed by atoms with Crippen molar-refractivity contribution in [2.24, 2.45) is 0 Å². The largest absolute Gasteiger partial charge is 0.393 e. The van der Waals surface area contributed by atoms with Crippen molar-refractivity contribution in [1.29, 1.82) is 0 Å². The topological polar surface area (TPSA) is 121 Å². The lowest BCUT2D eigenvalue weighted by Gasteiger charge is -2.54. The lowest BCUT2D eigenvalue weighted by molar-refractivity contribution is -0.302. The minimum Gasteiger partial charge on any atom is -0.393 e. The van der Waals surface area contributed by atoms with E-state index >= 15 is 0 Å².